The van der Waals surface area contributed by atoms with Crippen LogP contribution in [0.4, 0.5) is 0 Å². The number of rotatable bonds is 8. The molecule has 0 saturated heterocycles. The summed E-state index contributed by atoms with van der Waals surface area (Å²) in [6, 6.07) is 158. The van der Waals surface area contributed by atoms with E-state index >= 15 is 0 Å². The van der Waals surface area contributed by atoms with E-state index in [1.54, 1.807) is 0 Å². The Labute approximate surface area is 710 Å². The van der Waals surface area contributed by atoms with Gasteiger partial charge in [0.1, 0.15) is 0 Å². The van der Waals surface area contributed by atoms with E-state index in [0.717, 1.165) is 0 Å². The number of hydrogen-bond donors (Lipinski definition) is 0. The van der Waals surface area contributed by atoms with Crippen molar-refractivity contribution in [2.45, 2.75) is 38.5 Å². The van der Waals surface area contributed by atoms with Crippen LogP contribution in [-0.4, -0.2) is 0 Å². The second-order valence-electron chi connectivity index (χ2n) is 34.7. The molecule has 2 aliphatic carbocycles. The molecule has 122 heavy (non-hydrogen) atoms. The fraction of sp³-hybridized carbons (Fsp3) is 0.0492. The molecule has 0 heteroatoms. The third-order valence-corrected chi connectivity index (χ3v) is 27.4. The first-order valence-electron chi connectivity index (χ1n) is 42.9. The largest absolute Gasteiger partial charge is 0.0616 e. The van der Waals surface area contributed by atoms with Crippen LogP contribution in [0.3, 0.4) is 0 Å². The van der Waals surface area contributed by atoms with Gasteiger partial charge in [0.25, 0.3) is 0 Å². The Morgan fingerprint density at radius 2 is 0.385 bits per heavy atom. The van der Waals surface area contributed by atoms with Crippen molar-refractivity contribution in [2.24, 2.45) is 0 Å². The summed E-state index contributed by atoms with van der Waals surface area (Å²) in [6.07, 6.45) is 0. The first kappa shape index (κ1) is 71.1. The lowest BCUT2D eigenvalue weighted by Crippen LogP contribution is -2.15. The summed E-state index contributed by atoms with van der Waals surface area (Å²) in [5.41, 5.74) is 30.8. The third-order valence-electron chi connectivity index (χ3n) is 27.4. The fourth-order valence-corrected chi connectivity index (χ4v) is 21.9. The zero-order valence-corrected chi connectivity index (χ0v) is 68.4. The molecule has 0 saturated carbocycles. The van der Waals surface area contributed by atoms with Crippen LogP contribution in [-0.2, 0) is 10.8 Å². The number of benzene rings is 23. The minimum Gasteiger partial charge on any atom is -0.0616 e. The molecular weight excluding hydrogens is 1470 g/mol. The van der Waals surface area contributed by atoms with E-state index in [-0.39, 0.29) is 10.8 Å². The molecule has 0 spiro atoms. The van der Waals surface area contributed by atoms with Gasteiger partial charge in [-0.1, -0.05) is 428 Å². The maximum Gasteiger partial charge on any atom is 0.0165 e. The van der Waals surface area contributed by atoms with Crippen molar-refractivity contribution < 1.29 is 0 Å². The topological polar surface area (TPSA) is 0 Å². The lowest BCUT2D eigenvalue weighted by atomic mass is 9.79. The quantitative estimate of drug-likeness (QED) is 0.105. The van der Waals surface area contributed by atoms with Crippen LogP contribution in [0, 0.1) is 0 Å². The highest BCUT2D eigenvalue weighted by molar-refractivity contribution is 6.26. The highest BCUT2D eigenvalue weighted by Crippen LogP contribution is 2.59. The first-order chi connectivity index (χ1) is 60.1. The Hall–Kier alpha value is -15.1. The Balaban J connectivity index is 0.000000138. The summed E-state index contributed by atoms with van der Waals surface area (Å²) in [7, 11) is 0. The zero-order valence-electron chi connectivity index (χ0n) is 68.4. The Bertz CT molecular complexity index is 8220. The SMILES string of the molecule is CC1(C)c2ccc(-c3ccc(-c4c5ccccc5c(-c5ccc(-c6ccc7ccccc7c6)cc5)c5ccccc45)cc3)cc2-c2c1c1ccccc1c1ccccc21.CC1(C)c2ccc(-c3ccc(-c4c5ccccc5c(-c5ccccc5-c5cc6ccccc6c6ccccc56)c5ccccc45)cc3)cc2-c2c1c1ccccc1c1ccccc21. The summed E-state index contributed by atoms with van der Waals surface area (Å²) in [4.78, 5) is 0. The van der Waals surface area contributed by atoms with Crippen molar-refractivity contribution in [2.75, 3.05) is 0 Å². The molecule has 0 atom stereocenters. The molecule has 0 unspecified atom stereocenters. The lowest BCUT2D eigenvalue weighted by molar-refractivity contribution is 0.666. The molecule has 0 heterocycles. The molecule has 0 fully saturated rings. The normalized spacial score (nSPS) is 13.0. The van der Waals surface area contributed by atoms with Crippen molar-refractivity contribution in [3.63, 3.8) is 0 Å². The Morgan fingerprint density at radius 3 is 0.779 bits per heavy atom. The molecule has 0 aliphatic heterocycles. The number of hydrogen-bond acceptors (Lipinski definition) is 0. The zero-order chi connectivity index (χ0) is 81.1. The van der Waals surface area contributed by atoms with Crippen molar-refractivity contribution >= 4 is 118 Å². The van der Waals surface area contributed by atoms with Gasteiger partial charge in [-0.3, -0.25) is 0 Å². The second-order valence-corrected chi connectivity index (χ2v) is 34.7. The van der Waals surface area contributed by atoms with E-state index in [1.807, 2.05) is 0 Å². The second kappa shape index (κ2) is 27.8. The van der Waals surface area contributed by atoms with Crippen LogP contribution in [0.15, 0.2) is 425 Å². The van der Waals surface area contributed by atoms with Crippen LogP contribution in [0.2, 0.25) is 0 Å². The highest BCUT2D eigenvalue weighted by atomic mass is 14.4. The average Bonchev–Trinajstić information content (AvgIpc) is 1.48. The number of fused-ring (bicyclic) bond motifs is 24. The van der Waals surface area contributed by atoms with Gasteiger partial charge in [0.15, 0.2) is 0 Å². The minimum atomic E-state index is -0.116. The van der Waals surface area contributed by atoms with Crippen LogP contribution < -0.4 is 0 Å². The summed E-state index contributed by atoms with van der Waals surface area (Å²) >= 11 is 0. The monoisotopic (exact) mass is 1550 g/mol. The van der Waals surface area contributed by atoms with Gasteiger partial charge >= 0.3 is 0 Å². The third kappa shape index (κ3) is 10.9. The van der Waals surface area contributed by atoms with Crippen molar-refractivity contribution in [3.05, 3.63) is 447 Å². The summed E-state index contributed by atoms with van der Waals surface area (Å²) < 4.78 is 0. The maximum absolute atomic E-state index is 2.45. The van der Waals surface area contributed by atoms with Crippen LogP contribution in [0.25, 0.3) is 230 Å². The molecule has 0 N–H and O–H groups in total. The van der Waals surface area contributed by atoms with Gasteiger partial charge in [-0.05, 0) is 276 Å². The van der Waals surface area contributed by atoms with Gasteiger partial charge < -0.3 is 0 Å². The van der Waals surface area contributed by atoms with Crippen LogP contribution >= 0.6 is 0 Å². The fourth-order valence-electron chi connectivity index (χ4n) is 21.9. The van der Waals surface area contributed by atoms with Crippen LogP contribution in [0.1, 0.15) is 49.9 Å². The molecule has 0 nitrogen and oxygen atoms in total. The van der Waals surface area contributed by atoms with Gasteiger partial charge in [-0.25, -0.2) is 0 Å². The first-order valence-corrected chi connectivity index (χ1v) is 42.9. The van der Waals surface area contributed by atoms with Gasteiger partial charge in [0.05, 0.1) is 0 Å². The van der Waals surface area contributed by atoms with Gasteiger partial charge in [0, 0.05) is 10.8 Å². The van der Waals surface area contributed by atoms with E-state index in [4.69, 9.17) is 0 Å². The maximum atomic E-state index is 2.45. The molecule has 23 aromatic rings. The van der Waals surface area contributed by atoms with Gasteiger partial charge in [-0.15, -0.1) is 0 Å². The lowest BCUT2D eigenvalue weighted by Gasteiger charge is -2.24. The molecule has 570 valence electrons. The van der Waals surface area contributed by atoms with E-state index in [1.165, 1.54) is 252 Å². The van der Waals surface area contributed by atoms with E-state index in [2.05, 4.69) is 452 Å². The molecule has 0 amide bonds. The Morgan fingerprint density at radius 1 is 0.131 bits per heavy atom. The summed E-state index contributed by atoms with van der Waals surface area (Å²) in [5, 5.41) is 28.4. The van der Waals surface area contributed by atoms with E-state index in [0.29, 0.717) is 0 Å². The molecule has 0 bridgehead atoms. The predicted octanol–water partition coefficient (Wildman–Crippen LogP) is 34.0. The van der Waals surface area contributed by atoms with Gasteiger partial charge in [-0.2, -0.15) is 0 Å². The molecule has 23 aromatic carbocycles. The molecule has 0 aromatic heterocycles. The minimum absolute atomic E-state index is 0.107. The van der Waals surface area contributed by atoms with Crippen molar-refractivity contribution in [3.8, 4) is 111 Å². The van der Waals surface area contributed by atoms with E-state index < -0.39 is 0 Å². The molecule has 0 radical (unpaired) electrons. The summed E-state index contributed by atoms with van der Waals surface area (Å²) in [6.45, 7) is 9.59. The van der Waals surface area contributed by atoms with Gasteiger partial charge in [0.2, 0.25) is 0 Å². The molecular formula is C122H82. The van der Waals surface area contributed by atoms with Crippen molar-refractivity contribution in [1.29, 1.82) is 0 Å². The predicted molar refractivity (Wildman–Crippen MR) is 524 cm³/mol. The molecule has 25 rings (SSSR count). The standard InChI is InChI=1S/C63H42.C59H40/c1-63(2)58-36-35-41(37-57(58)61-50-25-11-7-20-45(50)46-21-9-16-30-55(46)62(61)63)39-31-33-40(34-32-39)59-51-26-12-14-28-53(51)60(54-29-15-13-27-52(54)59)49-24-10-8-23-48(49)56-38-42-17-3-4-18-43(42)44-19-5-6-22-47(44)56;1-59(2)54-34-33-44(36-53(54)57-47-17-7-5-15-45(47)46-16-6-12-22-52(46)58(57)59)39-25-30-41(31-26-39)56-50-20-10-8-18-48(50)55(49-19-9-11-21-51(49)56)40-28-23-38(24-29-40)43-32-27-37-13-3-4-14-42(37)35-43/h3-38H,1-2H3;3-36H,1-2H3. The molecule has 2 aliphatic rings. The average molecular weight is 1550 g/mol. The van der Waals surface area contributed by atoms with Crippen molar-refractivity contribution in [1.82, 2.24) is 0 Å². The Kier molecular flexibility index (Phi) is 16.2. The highest BCUT2D eigenvalue weighted by Gasteiger charge is 2.41. The van der Waals surface area contributed by atoms with E-state index in [9.17, 15) is 0 Å². The van der Waals surface area contributed by atoms with Crippen LogP contribution in [0.5, 0.6) is 0 Å². The summed E-state index contributed by atoms with van der Waals surface area (Å²) in [5.74, 6) is 0. The smallest absolute Gasteiger partial charge is 0.0165 e.